The van der Waals surface area contributed by atoms with Gasteiger partial charge in [0.15, 0.2) is 11.6 Å². The van der Waals surface area contributed by atoms with Gasteiger partial charge in [-0.1, -0.05) is 13.3 Å². The van der Waals surface area contributed by atoms with Crippen molar-refractivity contribution in [1.29, 1.82) is 0 Å². The van der Waals surface area contributed by atoms with Gasteiger partial charge in [0.2, 0.25) is 15.9 Å². The Labute approximate surface area is 135 Å². The van der Waals surface area contributed by atoms with Crippen LogP contribution in [0.25, 0.3) is 0 Å². The molecule has 0 aromatic heterocycles. The zero-order chi connectivity index (χ0) is 17.6. The van der Waals surface area contributed by atoms with Crippen molar-refractivity contribution in [2.75, 3.05) is 30.7 Å². The van der Waals surface area contributed by atoms with E-state index in [0.29, 0.717) is 6.54 Å². The first-order chi connectivity index (χ1) is 10.7. The van der Waals surface area contributed by atoms with Gasteiger partial charge in [0.05, 0.1) is 11.9 Å². The van der Waals surface area contributed by atoms with Gasteiger partial charge in [0, 0.05) is 32.6 Å². The van der Waals surface area contributed by atoms with Crippen molar-refractivity contribution in [2.45, 2.75) is 26.2 Å². The lowest BCUT2D eigenvalue weighted by atomic mass is 10.2. The first kappa shape index (κ1) is 19.3. The number of hydrogen-bond acceptors (Lipinski definition) is 3. The molecule has 0 heterocycles. The summed E-state index contributed by atoms with van der Waals surface area (Å²) in [5, 5.41) is 0. The summed E-state index contributed by atoms with van der Waals surface area (Å²) in [7, 11) is -2.06. The molecule has 1 amide bonds. The Morgan fingerprint density at radius 1 is 1.17 bits per heavy atom. The second-order valence-corrected chi connectivity index (χ2v) is 7.26. The minimum absolute atomic E-state index is 0.00425. The Morgan fingerprint density at radius 3 is 2.35 bits per heavy atom. The predicted octanol–water partition coefficient (Wildman–Crippen LogP) is 2.38. The Hall–Kier alpha value is -1.70. The molecule has 0 unspecified atom stereocenters. The van der Waals surface area contributed by atoms with Crippen LogP contribution >= 0.6 is 0 Å². The van der Waals surface area contributed by atoms with Crippen molar-refractivity contribution >= 4 is 21.6 Å². The first-order valence-electron chi connectivity index (χ1n) is 7.33. The van der Waals surface area contributed by atoms with Crippen LogP contribution in [-0.2, 0) is 14.8 Å². The van der Waals surface area contributed by atoms with Crippen LogP contribution in [0.2, 0.25) is 0 Å². The molecule has 8 heteroatoms. The summed E-state index contributed by atoms with van der Waals surface area (Å²) in [4.78, 5) is 13.5. The number of halogens is 2. The lowest BCUT2D eigenvalue weighted by Gasteiger charge is -2.24. The van der Waals surface area contributed by atoms with Crippen LogP contribution in [-0.4, -0.2) is 45.6 Å². The summed E-state index contributed by atoms with van der Waals surface area (Å²) in [6, 6.07) is 2.84. The van der Waals surface area contributed by atoms with Gasteiger partial charge in [-0.05, 0) is 18.6 Å². The monoisotopic (exact) mass is 348 g/mol. The normalized spacial score (nSPS) is 11.3. The van der Waals surface area contributed by atoms with Crippen LogP contribution in [0.3, 0.4) is 0 Å². The smallest absolute Gasteiger partial charge is 0.232 e. The fourth-order valence-electron chi connectivity index (χ4n) is 2.03. The highest BCUT2D eigenvalue weighted by Gasteiger charge is 2.21. The van der Waals surface area contributed by atoms with E-state index in [1.54, 1.807) is 7.05 Å². The average molecular weight is 348 g/mol. The van der Waals surface area contributed by atoms with E-state index in [1.165, 1.54) is 11.0 Å². The van der Waals surface area contributed by atoms with Crippen molar-refractivity contribution in [3.05, 3.63) is 29.8 Å². The second kappa shape index (κ2) is 8.24. The summed E-state index contributed by atoms with van der Waals surface area (Å²) in [5.41, 5.74) is -0.00425. The van der Waals surface area contributed by atoms with Gasteiger partial charge in [0.25, 0.3) is 0 Å². The SMILES string of the molecule is CCCCN(C)C(=O)CCN(c1ccc(F)c(F)c1)S(C)(=O)=O. The minimum atomic E-state index is -3.71. The standard InChI is InChI=1S/C15H22F2N2O3S/c1-4-5-9-18(2)15(20)8-10-19(23(3,21)22)12-6-7-13(16)14(17)11-12/h6-7,11H,4-5,8-10H2,1-3H3. The van der Waals surface area contributed by atoms with Gasteiger partial charge in [0.1, 0.15) is 0 Å². The molecule has 0 N–H and O–H groups in total. The zero-order valence-corrected chi connectivity index (χ0v) is 14.4. The van der Waals surface area contributed by atoms with Crippen LogP contribution in [0.1, 0.15) is 26.2 Å². The summed E-state index contributed by atoms with van der Waals surface area (Å²) in [6.07, 6.45) is 2.73. The van der Waals surface area contributed by atoms with E-state index in [4.69, 9.17) is 0 Å². The maximum atomic E-state index is 13.3. The maximum absolute atomic E-state index is 13.3. The van der Waals surface area contributed by atoms with Crippen molar-refractivity contribution in [3.63, 3.8) is 0 Å². The number of unbranched alkanes of at least 4 members (excludes halogenated alkanes) is 1. The molecule has 1 aromatic carbocycles. The van der Waals surface area contributed by atoms with Crippen molar-refractivity contribution in [1.82, 2.24) is 4.90 Å². The van der Waals surface area contributed by atoms with Gasteiger partial charge in [-0.2, -0.15) is 0 Å². The lowest BCUT2D eigenvalue weighted by Crippen LogP contribution is -2.35. The highest BCUT2D eigenvalue weighted by Crippen LogP contribution is 2.21. The van der Waals surface area contributed by atoms with Crippen LogP contribution in [0.4, 0.5) is 14.5 Å². The lowest BCUT2D eigenvalue weighted by molar-refractivity contribution is -0.129. The molecule has 0 saturated heterocycles. The molecule has 0 fully saturated rings. The molecule has 1 rings (SSSR count). The predicted molar refractivity (Wildman–Crippen MR) is 85.7 cm³/mol. The van der Waals surface area contributed by atoms with Crippen molar-refractivity contribution < 1.29 is 22.0 Å². The summed E-state index contributed by atoms with van der Waals surface area (Å²) in [5.74, 6) is -2.39. The minimum Gasteiger partial charge on any atom is -0.346 e. The molecule has 130 valence electrons. The molecule has 0 saturated carbocycles. The number of hydrogen-bond donors (Lipinski definition) is 0. The highest BCUT2D eigenvalue weighted by molar-refractivity contribution is 7.92. The van der Waals surface area contributed by atoms with Gasteiger partial charge >= 0.3 is 0 Å². The summed E-state index contributed by atoms with van der Waals surface area (Å²) < 4.78 is 51.0. The van der Waals surface area contributed by atoms with Crippen molar-refractivity contribution in [3.8, 4) is 0 Å². The molecule has 1 aromatic rings. The highest BCUT2D eigenvalue weighted by atomic mass is 32.2. The third kappa shape index (κ3) is 5.78. The van der Waals surface area contributed by atoms with E-state index in [1.807, 2.05) is 6.92 Å². The van der Waals surface area contributed by atoms with E-state index in [9.17, 15) is 22.0 Å². The van der Waals surface area contributed by atoms with Gasteiger partial charge in [-0.3, -0.25) is 9.10 Å². The molecule has 0 aliphatic heterocycles. The number of nitrogens with zero attached hydrogens (tertiary/aromatic N) is 2. The summed E-state index contributed by atoms with van der Waals surface area (Å²) >= 11 is 0. The van der Waals surface area contributed by atoms with E-state index in [0.717, 1.165) is 35.5 Å². The van der Waals surface area contributed by atoms with Crippen LogP contribution in [0, 0.1) is 11.6 Å². The van der Waals surface area contributed by atoms with E-state index < -0.39 is 21.7 Å². The Morgan fingerprint density at radius 2 is 1.83 bits per heavy atom. The second-order valence-electron chi connectivity index (χ2n) is 5.35. The quantitative estimate of drug-likeness (QED) is 0.725. The number of benzene rings is 1. The number of sulfonamides is 1. The fourth-order valence-corrected chi connectivity index (χ4v) is 2.95. The van der Waals surface area contributed by atoms with Crippen LogP contribution in [0.15, 0.2) is 18.2 Å². The number of anilines is 1. The molecule has 0 atom stereocenters. The number of amides is 1. The average Bonchev–Trinajstić information content (AvgIpc) is 2.46. The van der Waals surface area contributed by atoms with E-state index in [-0.39, 0.29) is 24.6 Å². The Kier molecular flexibility index (Phi) is 6.93. The maximum Gasteiger partial charge on any atom is 0.232 e. The Balaban J connectivity index is 2.85. The third-order valence-corrected chi connectivity index (χ3v) is 4.59. The number of carbonyl (C=O) groups is 1. The molecule has 0 spiro atoms. The largest absolute Gasteiger partial charge is 0.346 e. The third-order valence-electron chi connectivity index (χ3n) is 3.39. The molecule has 0 bridgehead atoms. The number of rotatable bonds is 8. The zero-order valence-electron chi connectivity index (χ0n) is 13.6. The molecule has 0 aliphatic carbocycles. The Bertz CT molecular complexity index is 650. The molecule has 0 radical (unpaired) electrons. The van der Waals surface area contributed by atoms with Gasteiger partial charge < -0.3 is 4.90 Å². The van der Waals surface area contributed by atoms with Crippen LogP contribution in [0.5, 0.6) is 0 Å². The topological polar surface area (TPSA) is 57.7 Å². The first-order valence-corrected chi connectivity index (χ1v) is 9.18. The fraction of sp³-hybridized carbons (Fsp3) is 0.533. The molecule has 23 heavy (non-hydrogen) atoms. The molecule has 5 nitrogen and oxygen atoms in total. The van der Waals surface area contributed by atoms with Crippen LogP contribution < -0.4 is 4.31 Å². The van der Waals surface area contributed by atoms with Gasteiger partial charge in [-0.15, -0.1) is 0 Å². The van der Waals surface area contributed by atoms with Gasteiger partial charge in [-0.25, -0.2) is 17.2 Å². The number of carbonyl (C=O) groups excluding carboxylic acids is 1. The van der Waals surface area contributed by atoms with Crippen molar-refractivity contribution in [2.24, 2.45) is 0 Å². The van der Waals surface area contributed by atoms with E-state index in [2.05, 4.69) is 0 Å². The summed E-state index contributed by atoms with van der Waals surface area (Å²) in [6.45, 7) is 2.48. The molecular weight excluding hydrogens is 326 g/mol. The van der Waals surface area contributed by atoms with E-state index >= 15 is 0 Å². The molecule has 0 aliphatic rings. The molecular formula is C15H22F2N2O3S.